The molecule has 0 amide bonds. The van der Waals surface area contributed by atoms with E-state index in [9.17, 15) is 19.2 Å². The minimum Gasteiger partial charge on any atom is -0.462 e. The minimum absolute atomic E-state index is 0.116. The Kier molecular flexibility index (Phi) is 10.3. The summed E-state index contributed by atoms with van der Waals surface area (Å²) < 4.78 is 19.0. The zero-order chi connectivity index (χ0) is 19.4. The van der Waals surface area contributed by atoms with E-state index in [4.69, 9.17) is 18.9 Å². The summed E-state index contributed by atoms with van der Waals surface area (Å²) in [6.07, 6.45) is -0.376. The standard InChI is InChI=1S/C17H22O8/c1-11(2)15(19)23-7-6-22-14(18)10-13(5)17(21)25-9-8-24-16(20)12(3)4/h1,3,5-10H2,2,4H3. The fourth-order valence-electron chi connectivity index (χ4n) is 1.20. The molecule has 138 valence electrons. The van der Waals surface area contributed by atoms with Crippen molar-refractivity contribution in [3.8, 4) is 0 Å². The van der Waals surface area contributed by atoms with Crippen LogP contribution in [0.4, 0.5) is 0 Å². The van der Waals surface area contributed by atoms with Crippen LogP contribution in [-0.2, 0) is 38.1 Å². The van der Waals surface area contributed by atoms with Gasteiger partial charge in [-0.25, -0.2) is 14.4 Å². The summed E-state index contributed by atoms with van der Waals surface area (Å²) in [5, 5.41) is 0. The first-order chi connectivity index (χ1) is 11.6. The maximum atomic E-state index is 11.6. The number of hydrogen-bond acceptors (Lipinski definition) is 8. The number of carbonyl (C=O) groups is 4. The second kappa shape index (κ2) is 11.6. The third-order valence-corrected chi connectivity index (χ3v) is 2.47. The van der Waals surface area contributed by atoms with Crippen molar-refractivity contribution in [2.24, 2.45) is 0 Å². The lowest BCUT2D eigenvalue weighted by molar-refractivity contribution is -0.151. The van der Waals surface area contributed by atoms with Crippen molar-refractivity contribution < 1.29 is 38.1 Å². The normalized spacial score (nSPS) is 9.52. The van der Waals surface area contributed by atoms with Crippen LogP contribution in [0.2, 0.25) is 0 Å². The Morgan fingerprint density at radius 3 is 1.40 bits per heavy atom. The molecule has 0 aliphatic carbocycles. The first-order valence-corrected chi connectivity index (χ1v) is 7.31. The van der Waals surface area contributed by atoms with E-state index < -0.39 is 23.9 Å². The van der Waals surface area contributed by atoms with Crippen molar-refractivity contribution in [1.82, 2.24) is 0 Å². The van der Waals surface area contributed by atoms with Gasteiger partial charge in [0, 0.05) is 16.7 Å². The molecule has 0 saturated carbocycles. The Morgan fingerprint density at radius 1 is 0.640 bits per heavy atom. The Balaban J connectivity index is 3.91. The number of esters is 4. The first kappa shape index (κ1) is 22.1. The molecule has 8 nitrogen and oxygen atoms in total. The van der Waals surface area contributed by atoms with Crippen LogP contribution in [0.25, 0.3) is 0 Å². The molecule has 8 heteroatoms. The van der Waals surface area contributed by atoms with Gasteiger partial charge in [-0.3, -0.25) is 4.79 Å². The average Bonchev–Trinajstić information content (AvgIpc) is 2.54. The van der Waals surface area contributed by atoms with E-state index in [1.165, 1.54) is 13.8 Å². The Labute approximate surface area is 146 Å². The summed E-state index contributed by atoms with van der Waals surface area (Å²) in [5.41, 5.74) is 0.346. The molecular weight excluding hydrogens is 332 g/mol. The maximum Gasteiger partial charge on any atom is 0.334 e. The average molecular weight is 354 g/mol. The van der Waals surface area contributed by atoms with Gasteiger partial charge in [-0.2, -0.15) is 0 Å². The monoisotopic (exact) mass is 354 g/mol. The molecule has 0 aromatic rings. The second-order valence-electron chi connectivity index (χ2n) is 4.97. The minimum atomic E-state index is -0.808. The first-order valence-electron chi connectivity index (χ1n) is 7.31. The van der Waals surface area contributed by atoms with Gasteiger partial charge in [0.15, 0.2) is 0 Å². The highest BCUT2D eigenvalue weighted by atomic mass is 16.6. The number of carbonyl (C=O) groups excluding carboxylic acids is 4. The zero-order valence-electron chi connectivity index (χ0n) is 14.4. The highest BCUT2D eigenvalue weighted by molar-refractivity contribution is 5.93. The molecule has 0 N–H and O–H groups in total. The predicted octanol–water partition coefficient (Wildman–Crippen LogP) is 1.26. The zero-order valence-corrected chi connectivity index (χ0v) is 14.4. The maximum absolute atomic E-state index is 11.6. The fraction of sp³-hybridized carbons (Fsp3) is 0.412. The van der Waals surface area contributed by atoms with E-state index in [2.05, 4.69) is 19.7 Å². The van der Waals surface area contributed by atoms with E-state index in [1.54, 1.807) is 0 Å². The van der Waals surface area contributed by atoms with E-state index in [1.807, 2.05) is 0 Å². The van der Waals surface area contributed by atoms with Crippen LogP contribution < -0.4 is 0 Å². The van der Waals surface area contributed by atoms with E-state index >= 15 is 0 Å². The summed E-state index contributed by atoms with van der Waals surface area (Å²) in [5.74, 6) is -2.71. The van der Waals surface area contributed by atoms with Crippen LogP contribution in [-0.4, -0.2) is 50.3 Å². The van der Waals surface area contributed by atoms with Crippen LogP contribution >= 0.6 is 0 Å². The third-order valence-electron chi connectivity index (χ3n) is 2.47. The fourth-order valence-corrected chi connectivity index (χ4v) is 1.20. The van der Waals surface area contributed by atoms with Crippen molar-refractivity contribution in [1.29, 1.82) is 0 Å². The predicted molar refractivity (Wildman–Crippen MR) is 87.2 cm³/mol. The topological polar surface area (TPSA) is 105 Å². The molecule has 0 spiro atoms. The molecule has 0 rings (SSSR count). The molecule has 0 aromatic heterocycles. The van der Waals surface area contributed by atoms with E-state index in [-0.39, 0.29) is 49.6 Å². The van der Waals surface area contributed by atoms with Gasteiger partial charge in [-0.1, -0.05) is 19.7 Å². The molecule has 0 radical (unpaired) electrons. The van der Waals surface area contributed by atoms with Crippen molar-refractivity contribution >= 4 is 23.9 Å². The molecular formula is C17H22O8. The molecule has 25 heavy (non-hydrogen) atoms. The number of hydrogen-bond donors (Lipinski definition) is 0. The lowest BCUT2D eigenvalue weighted by atomic mass is 10.2. The number of ether oxygens (including phenoxy) is 4. The van der Waals surface area contributed by atoms with Gasteiger partial charge in [0.05, 0.1) is 6.42 Å². The molecule has 0 aromatic carbocycles. The van der Waals surface area contributed by atoms with Crippen LogP contribution in [0.1, 0.15) is 20.3 Å². The summed E-state index contributed by atoms with van der Waals surface area (Å²) in [4.78, 5) is 45.3. The SMILES string of the molecule is C=C(C)C(=O)OCCOC(=O)CC(=C)C(=O)OCCOC(=O)C(=C)C. The van der Waals surface area contributed by atoms with Gasteiger partial charge in [0.25, 0.3) is 0 Å². The van der Waals surface area contributed by atoms with Crippen LogP contribution in [0.15, 0.2) is 36.5 Å². The highest BCUT2D eigenvalue weighted by Gasteiger charge is 2.15. The van der Waals surface area contributed by atoms with Crippen molar-refractivity contribution in [2.45, 2.75) is 20.3 Å². The quantitative estimate of drug-likeness (QED) is 0.236. The second-order valence-corrected chi connectivity index (χ2v) is 4.97. The Hall–Kier alpha value is -2.90. The van der Waals surface area contributed by atoms with Gasteiger partial charge in [0.2, 0.25) is 0 Å². The molecule has 0 unspecified atom stereocenters. The van der Waals surface area contributed by atoms with E-state index in [0.29, 0.717) is 0 Å². The van der Waals surface area contributed by atoms with Crippen molar-refractivity contribution in [3.05, 3.63) is 36.5 Å². The number of rotatable bonds is 11. The lowest BCUT2D eigenvalue weighted by Crippen LogP contribution is -2.18. The molecule has 0 atom stereocenters. The molecule has 0 bridgehead atoms. The summed E-state index contributed by atoms with van der Waals surface area (Å²) >= 11 is 0. The molecule has 0 aliphatic rings. The highest BCUT2D eigenvalue weighted by Crippen LogP contribution is 2.03. The smallest absolute Gasteiger partial charge is 0.334 e. The van der Waals surface area contributed by atoms with Gasteiger partial charge >= 0.3 is 23.9 Å². The van der Waals surface area contributed by atoms with Crippen molar-refractivity contribution in [2.75, 3.05) is 26.4 Å². The third kappa shape index (κ3) is 10.5. The molecule has 0 heterocycles. The van der Waals surface area contributed by atoms with Crippen LogP contribution in [0.5, 0.6) is 0 Å². The van der Waals surface area contributed by atoms with Crippen molar-refractivity contribution in [3.63, 3.8) is 0 Å². The van der Waals surface area contributed by atoms with Gasteiger partial charge in [-0.15, -0.1) is 0 Å². The van der Waals surface area contributed by atoms with Crippen LogP contribution in [0.3, 0.4) is 0 Å². The van der Waals surface area contributed by atoms with Gasteiger partial charge in [0.1, 0.15) is 26.4 Å². The molecule has 0 aliphatic heterocycles. The summed E-state index contributed by atoms with van der Waals surface area (Å²) in [6.45, 7) is 12.6. The Morgan fingerprint density at radius 2 is 1.00 bits per heavy atom. The summed E-state index contributed by atoms with van der Waals surface area (Å²) in [7, 11) is 0. The largest absolute Gasteiger partial charge is 0.462 e. The van der Waals surface area contributed by atoms with Crippen LogP contribution in [0, 0.1) is 0 Å². The molecule has 0 fully saturated rings. The van der Waals surface area contributed by atoms with Gasteiger partial charge in [-0.05, 0) is 13.8 Å². The van der Waals surface area contributed by atoms with E-state index in [0.717, 1.165) is 0 Å². The lowest BCUT2D eigenvalue weighted by Gasteiger charge is -2.09. The Bertz CT molecular complexity index is 573. The van der Waals surface area contributed by atoms with Gasteiger partial charge < -0.3 is 18.9 Å². The molecule has 0 saturated heterocycles. The summed E-state index contributed by atoms with van der Waals surface area (Å²) in [6, 6.07) is 0.